The molecule has 8 rings (SSSR count). The van der Waals surface area contributed by atoms with Crippen LogP contribution in [0.15, 0.2) is 48.5 Å². The lowest BCUT2D eigenvalue weighted by molar-refractivity contribution is 0.0562. The fraction of sp³-hybridized carbons (Fsp3) is 0.621. The van der Waals surface area contributed by atoms with Crippen LogP contribution >= 0.6 is 0 Å². The number of halogens is 2. The first kappa shape index (κ1) is 56.4. The lowest BCUT2D eigenvalue weighted by Crippen LogP contribution is -2.58. The van der Waals surface area contributed by atoms with Gasteiger partial charge in [0, 0.05) is 71.4 Å². The van der Waals surface area contributed by atoms with Gasteiger partial charge in [-0.1, -0.05) is 114 Å². The van der Waals surface area contributed by atoms with Gasteiger partial charge in [-0.25, -0.2) is 28.3 Å². The molecule has 2 N–H and O–H groups in total. The fourth-order valence-electron chi connectivity index (χ4n) is 12.5. The molecule has 0 bridgehead atoms. The second kappa shape index (κ2) is 20.5. The van der Waals surface area contributed by atoms with Crippen molar-refractivity contribution in [1.82, 2.24) is 28.9 Å². The van der Waals surface area contributed by atoms with E-state index in [0.29, 0.717) is 103 Å². The van der Waals surface area contributed by atoms with Gasteiger partial charge >= 0.3 is 12.2 Å². The Bertz CT molecular complexity index is 2910. The molecule has 1 unspecified atom stereocenters. The van der Waals surface area contributed by atoms with Gasteiger partial charge in [-0.3, -0.25) is 9.80 Å². The van der Waals surface area contributed by atoms with Crippen molar-refractivity contribution in [3.8, 4) is 0 Å². The van der Waals surface area contributed by atoms with E-state index in [0.717, 1.165) is 23.3 Å². The van der Waals surface area contributed by atoms with Gasteiger partial charge in [0.15, 0.2) is 0 Å². The third-order valence-corrected chi connectivity index (χ3v) is 19.8. The van der Waals surface area contributed by atoms with Gasteiger partial charge in [0.05, 0.1) is 45.7 Å². The first-order valence-corrected chi connectivity index (χ1v) is 34.7. The molecule has 17 heteroatoms. The highest BCUT2D eigenvalue weighted by Crippen LogP contribution is 2.66. The molecule has 2 amide bonds. The van der Waals surface area contributed by atoms with Crippen LogP contribution in [0, 0.1) is 28.4 Å². The number of hydrogen-bond acceptors (Lipinski definition) is 7. The molecule has 410 valence electrons. The molecule has 2 aromatic heterocycles. The van der Waals surface area contributed by atoms with E-state index in [4.69, 9.17) is 19.4 Å². The summed E-state index contributed by atoms with van der Waals surface area (Å²) in [6.45, 7) is 35.3. The number of rotatable bonds is 15. The second-order valence-electron chi connectivity index (χ2n) is 27.3. The highest BCUT2D eigenvalue weighted by molar-refractivity contribution is 6.76. The molecule has 3 aromatic carbocycles. The van der Waals surface area contributed by atoms with Gasteiger partial charge in [0.2, 0.25) is 0 Å². The molecule has 5 aromatic rings. The molecule has 3 aliphatic heterocycles. The number of likely N-dealkylation sites (tertiary alicyclic amines) is 2. The standard InChI is InChI=1S/C58H85F2N7O6Si2/c1-55(2,3)37-20-22-38(23-21-37)67-47(39-30-43-48(32-41(39)59)65(35-72-26-28-74(10,11)12)51(61-43)45-18-16-24-63(45)53(68)69)34-50(56(4,5)6)58(67,57(7,8)9)40-31-44-49(33-42(40)60)66(36-73-27-29-75(13,14)15)52(62-44)46-19-17-25-64(46)54(70)71/h20-23,30-33,45-47,50H,16-19,24-29,34-36H2,1-15H3,(H,68,69)(H,70,71)/t45-,46-,47+,50?,58+/m0/s1. The Morgan fingerprint density at radius 2 is 1.15 bits per heavy atom. The zero-order chi connectivity index (χ0) is 55.0. The summed E-state index contributed by atoms with van der Waals surface area (Å²) in [6, 6.07) is 15.5. The summed E-state index contributed by atoms with van der Waals surface area (Å²) < 4.78 is 52.9. The lowest BCUT2D eigenvalue weighted by atomic mass is 9.56. The minimum absolute atomic E-state index is 0.0985. The van der Waals surface area contributed by atoms with Crippen molar-refractivity contribution in [3.05, 3.63) is 88.5 Å². The van der Waals surface area contributed by atoms with Crippen LogP contribution in [0.5, 0.6) is 0 Å². The van der Waals surface area contributed by atoms with Crippen molar-refractivity contribution in [1.29, 1.82) is 0 Å². The third-order valence-electron chi connectivity index (χ3n) is 16.4. The minimum atomic E-state index is -1.45. The van der Waals surface area contributed by atoms with Gasteiger partial charge in [0.25, 0.3) is 0 Å². The predicted molar refractivity (Wildman–Crippen MR) is 300 cm³/mol. The maximum absolute atomic E-state index is 18.5. The normalized spacial score (nSPS) is 22.2. The molecule has 3 saturated heterocycles. The molecule has 3 fully saturated rings. The largest absolute Gasteiger partial charge is 0.465 e. The Balaban J connectivity index is 1.36. The van der Waals surface area contributed by atoms with Crippen LogP contribution in [0.4, 0.5) is 24.1 Å². The number of carbonyl (C=O) groups is 2. The monoisotopic (exact) mass is 1070 g/mol. The third kappa shape index (κ3) is 11.0. The summed E-state index contributed by atoms with van der Waals surface area (Å²) in [7, 11) is -2.90. The number of anilines is 1. The Morgan fingerprint density at radius 1 is 0.680 bits per heavy atom. The van der Waals surface area contributed by atoms with E-state index in [2.05, 4.69) is 131 Å². The van der Waals surface area contributed by atoms with Crippen LogP contribution in [0.1, 0.15) is 141 Å². The summed E-state index contributed by atoms with van der Waals surface area (Å²) in [5, 5.41) is 20.7. The number of ether oxygens (including phenoxy) is 2. The SMILES string of the molecule is CC(C)(C)c1ccc(N2[C@@H](c3cc4nc([C@@H]5CCCN5C(=O)O)n(COCC[Si](C)(C)C)c4cc3F)CC(C(C)(C)C)[C@]2(c2cc3nc([C@@H]4CCCN4C(=O)O)n(COCC[Si](C)(C)C)c3cc2F)C(C)(C)C)cc1. The average molecular weight is 1070 g/mol. The zero-order valence-corrected chi connectivity index (χ0v) is 49.5. The van der Waals surface area contributed by atoms with Crippen LogP contribution in [0.25, 0.3) is 22.1 Å². The zero-order valence-electron chi connectivity index (χ0n) is 47.5. The molecule has 0 aliphatic carbocycles. The summed E-state index contributed by atoms with van der Waals surface area (Å²) >= 11 is 0. The van der Waals surface area contributed by atoms with E-state index >= 15 is 8.78 Å². The maximum Gasteiger partial charge on any atom is 0.407 e. The molecule has 5 heterocycles. The number of benzene rings is 3. The summed E-state index contributed by atoms with van der Waals surface area (Å²) in [5.74, 6) is -0.103. The lowest BCUT2D eigenvalue weighted by Gasteiger charge is -2.56. The molecule has 0 saturated carbocycles. The number of aromatic nitrogens is 4. The van der Waals surface area contributed by atoms with Crippen molar-refractivity contribution < 1.29 is 38.1 Å². The van der Waals surface area contributed by atoms with Crippen LogP contribution in [-0.2, 0) is 33.9 Å². The van der Waals surface area contributed by atoms with Crippen LogP contribution in [0.3, 0.4) is 0 Å². The number of hydrogen-bond donors (Lipinski definition) is 2. The molecule has 13 nitrogen and oxygen atoms in total. The molecule has 3 aliphatic rings. The summed E-state index contributed by atoms with van der Waals surface area (Å²) in [6.07, 6.45) is 0.937. The van der Waals surface area contributed by atoms with Gasteiger partial charge in [-0.2, -0.15) is 0 Å². The number of imidazole rings is 2. The highest BCUT2D eigenvalue weighted by atomic mass is 28.3. The Hall–Kier alpha value is -4.85. The predicted octanol–water partition coefficient (Wildman–Crippen LogP) is 14.8. The molecular formula is C58H85F2N7O6Si2. The van der Waals surface area contributed by atoms with E-state index in [1.54, 1.807) is 12.1 Å². The fourth-order valence-corrected chi connectivity index (χ4v) is 14.1. The molecule has 0 radical (unpaired) electrons. The maximum atomic E-state index is 18.5. The van der Waals surface area contributed by atoms with Crippen molar-refractivity contribution in [2.75, 3.05) is 31.2 Å². The topological polar surface area (TPSA) is 138 Å². The number of amides is 2. The van der Waals surface area contributed by atoms with Crippen molar-refractivity contribution in [2.45, 2.75) is 188 Å². The van der Waals surface area contributed by atoms with Gasteiger partial charge < -0.3 is 33.7 Å². The smallest absolute Gasteiger partial charge is 0.407 e. The molecule has 0 spiro atoms. The first-order chi connectivity index (χ1) is 34.8. The molecular weight excluding hydrogens is 985 g/mol. The van der Waals surface area contributed by atoms with Crippen LogP contribution < -0.4 is 4.90 Å². The minimum Gasteiger partial charge on any atom is -0.465 e. The van der Waals surface area contributed by atoms with Gasteiger partial charge in [-0.05, 0) is 96.2 Å². The van der Waals surface area contributed by atoms with Gasteiger partial charge in [0.1, 0.15) is 36.7 Å². The average Bonchev–Trinajstić information content (AvgIpc) is 4.13. The Kier molecular flexibility index (Phi) is 15.4. The van der Waals surface area contributed by atoms with Crippen molar-refractivity contribution >= 4 is 56.1 Å². The summed E-state index contributed by atoms with van der Waals surface area (Å²) in [5.41, 5.74) is 2.39. The number of carboxylic acid groups (broad SMARTS) is 2. The van der Waals surface area contributed by atoms with E-state index < -0.39 is 74.5 Å². The van der Waals surface area contributed by atoms with Crippen molar-refractivity contribution in [3.63, 3.8) is 0 Å². The molecule has 75 heavy (non-hydrogen) atoms. The summed E-state index contributed by atoms with van der Waals surface area (Å²) in [4.78, 5) is 40.9. The van der Waals surface area contributed by atoms with Crippen LogP contribution in [-0.4, -0.2) is 93.8 Å². The Morgan fingerprint density at radius 3 is 1.57 bits per heavy atom. The number of nitrogens with zero attached hydrogens (tertiary/aromatic N) is 7. The van der Waals surface area contributed by atoms with E-state index in [9.17, 15) is 19.8 Å². The van der Waals surface area contributed by atoms with Crippen LogP contribution in [0.2, 0.25) is 51.4 Å². The van der Waals surface area contributed by atoms with E-state index in [1.807, 2.05) is 21.3 Å². The molecule has 5 atom stereocenters. The quantitative estimate of drug-likeness (QED) is 0.0775. The van der Waals surface area contributed by atoms with E-state index in [-0.39, 0.29) is 24.8 Å². The van der Waals surface area contributed by atoms with Gasteiger partial charge in [-0.15, -0.1) is 0 Å². The number of fused-ring (bicyclic) bond motifs is 2. The van der Waals surface area contributed by atoms with E-state index in [1.165, 1.54) is 9.80 Å². The Labute approximate surface area is 446 Å². The first-order valence-electron chi connectivity index (χ1n) is 27.3. The highest BCUT2D eigenvalue weighted by Gasteiger charge is 2.64. The second-order valence-corrected chi connectivity index (χ2v) is 38.5. The van der Waals surface area contributed by atoms with Crippen molar-refractivity contribution in [2.24, 2.45) is 16.7 Å².